The first-order valence-electron chi connectivity index (χ1n) is 8.74. The van der Waals surface area contributed by atoms with E-state index in [0.717, 1.165) is 56.9 Å². The minimum atomic E-state index is -0.627. The minimum absolute atomic E-state index is 0.307. The summed E-state index contributed by atoms with van der Waals surface area (Å²) in [4.78, 5) is 14.5. The van der Waals surface area contributed by atoms with Crippen molar-refractivity contribution in [3.8, 4) is 0 Å². The number of carboxylic acids is 1. The van der Waals surface area contributed by atoms with Gasteiger partial charge in [0.2, 0.25) is 0 Å². The molecule has 2 N–H and O–H groups in total. The van der Waals surface area contributed by atoms with E-state index in [4.69, 9.17) is 0 Å². The second-order valence-corrected chi connectivity index (χ2v) is 7.79. The van der Waals surface area contributed by atoms with Crippen LogP contribution < -0.4 is 5.32 Å². The first kappa shape index (κ1) is 15.3. The lowest BCUT2D eigenvalue weighted by atomic mass is 9.84. The van der Waals surface area contributed by atoms with E-state index in [1.807, 2.05) is 0 Å². The zero-order chi connectivity index (χ0) is 15.0. The van der Waals surface area contributed by atoms with Crippen molar-refractivity contribution < 1.29 is 9.90 Å². The zero-order valence-corrected chi connectivity index (χ0v) is 13.5. The topological polar surface area (TPSA) is 52.6 Å². The summed E-state index contributed by atoms with van der Waals surface area (Å²) < 4.78 is 0. The predicted molar refractivity (Wildman–Crippen MR) is 83.3 cm³/mol. The Labute approximate surface area is 128 Å². The van der Waals surface area contributed by atoms with Crippen LogP contribution in [0.3, 0.4) is 0 Å². The number of aliphatic carboxylic acids is 1. The van der Waals surface area contributed by atoms with Gasteiger partial charge < -0.3 is 10.0 Å². The van der Waals surface area contributed by atoms with E-state index in [9.17, 15) is 9.90 Å². The summed E-state index contributed by atoms with van der Waals surface area (Å²) in [6, 6.07) is 0.466. The van der Waals surface area contributed by atoms with E-state index in [2.05, 4.69) is 24.1 Å². The minimum Gasteiger partial charge on any atom is -0.480 e. The second-order valence-electron chi connectivity index (χ2n) is 7.79. The molecule has 0 radical (unpaired) electrons. The number of hydrogen-bond acceptors (Lipinski definition) is 3. The number of rotatable bonds is 6. The Hall–Kier alpha value is -0.610. The molecule has 1 heterocycles. The Morgan fingerprint density at radius 2 is 1.90 bits per heavy atom. The SMILES string of the molecule is CC1CN(CCC2CCCC2(NC2CC2)C(=O)O)CC1C. The third kappa shape index (κ3) is 3.11. The Kier molecular flexibility index (Phi) is 4.28. The lowest BCUT2D eigenvalue weighted by molar-refractivity contribution is -0.147. The van der Waals surface area contributed by atoms with Crippen molar-refractivity contribution in [1.82, 2.24) is 10.2 Å². The van der Waals surface area contributed by atoms with E-state index in [1.165, 1.54) is 13.1 Å². The van der Waals surface area contributed by atoms with Crippen molar-refractivity contribution in [3.63, 3.8) is 0 Å². The molecule has 0 aromatic carbocycles. The van der Waals surface area contributed by atoms with Gasteiger partial charge in [-0.2, -0.15) is 0 Å². The fourth-order valence-electron chi connectivity index (χ4n) is 4.36. The van der Waals surface area contributed by atoms with Crippen LogP contribution in [0.25, 0.3) is 0 Å². The number of nitrogens with one attached hydrogen (secondary N) is 1. The van der Waals surface area contributed by atoms with Gasteiger partial charge in [-0.1, -0.05) is 20.3 Å². The first-order valence-corrected chi connectivity index (χ1v) is 8.74. The Bertz CT molecular complexity index is 386. The summed E-state index contributed by atoms with van der Waals surface area (Å²) in [6.45, 7) is 8.10. The Morgan fingerprint density at radius 1 is 1.24 bits per heavy atom. The molecule has 3 rings (SSSR count). The summed E-state index contributed by atoms with van der Waals surface area (Å²) >= 11 is 0. The third-order valence-corrected chi connectivity index (χ3v) is 6.10. The van der Waals surface area contributed by atoms with Crippen LogP contribution in [-0.4, -0.2) is 47.2 Å². The van der Waals surface area contributed by atoms with Crippen LogP contribution in [0.1, 0.15) is 52.4 Å². The van der Waals surface area contributed by atoms with Crippen LogP contribution in [0.15, 0.2) is 0 Å². The molecule has 3 aliphatic rings. The average Bonchev–Trinajstić information content (AvgIpc) is 3.05. The highest BCUT2D eigenvalue weighted by molar-refractivity contribution is 5.80. The standard InChI is InChI=1S/C17H30N2O2/c1-12-10-19(11-13(12)2)9-7-14-4-3-8-17(14,16(20)21)18-15-5-6-15/h12-15,18H,3-11H2,1-2H3,(H,20,21). The highest BCUT2D eigenvalue weighted by atomic mass is 16.4. The molecule has 120 valence electrons. The average molecular weight is 294 g/mol. The third-order valence-electron chi connectivity index (χ3n) is 6.10. The normalized spacial score (nSPS) is 40.8. The van der Waals surface area contributed by atoms with E-state index in [-0.39, 0.29) is 0 Å². The van der Waals surface area contributed by atoms with Gasteiger partial charge in [-0.15, -0.1) is 0 Å². The number of hydrogen-bond donors (Lipinski definition) is 2. The molecule has 4 atom stereocenters. The maximum absolute atomic E-state index is 11.9. The molecule has 21 heavy (non-hydrogen) atoms. The van der Waals surface area contributed by atoms with E-state index >= 15 is 0 Å². The first-order chi connectivity index (χ1) is 10.0. The van der Waals surface area contributed by atoms with Crippen molar-refractivity contribution in [2.75, 3.05) is 19.6 Å². The number of carboxylic acid groups (broad SMARTS) is 1. The molecule has 4 unspecified atom stereocenters. The zero-order valence-electron chi connectivity index (χ0n) is 13.5. The van der Waals surface area contributed by atoms with Crippen molar-refractivity contribution in [3.05, 3.63) is 0 Å². The molecule has 2 saturated carbocycles. The van der Waals surface area contributed by atoms with Crippen LogP contribution in [0, 0.1) is 17.8 Å². The predicted octanol–water partition coefficient (Wildman–Crippen LogP) is 2.34. The lowest BCUT2D eigenvalue weighted by Crippen LogP contribution is -2.56. The van der Waals surface area contributed by atoms with Gasteiger partial charge in [-0.05, 0) is 56.4 Å². The van der Waals surface area contributed by atoms with Crippen molar-refractivity contribution in [2.45, 2.75) is 64.0 Å². The molecule has 1 saturated heterocycles. The van der Waals surface area contributed by atoms with Crippen molar-refractivity contribution in [1.29, 1.82) is 0 Å². The molecular weight excluding hydrogens is 264 g/mol. The molecule has 0 bridgehead atoms. The van der Waals surface area contributed by atoms with Crippen LogP contribution in [0.4, 0.5) is 0 Å². The smallest absolute Gasteiger partial charge is 0.324 e. The fraction of sp³-hybridized carbons (Fsp3) is 0.941. The summed E-state index contributed by atoms with van der Waals surface area (Å²) in [5.74, 6) is 1.26. The number of likely N-dealkylation sites (tertiary alicyclic amines) is 1. The van der Waals surface area contributed by atoms with Gasteiger partial charge >= 0.3 is 5.97 Å². The van der Waals surface area contributed by atoms with Crippen LogP contribution >= 0.6 is 0 Å². The molecule has 0 aromatic rings. The Morgan fingerprint density at radius 3 is 2.48 bits per heavy atom. The quantitative estimate of drug-likeness (QED) is 0.789. The second kappa shape index (κ2) is 5.88. The molecule has 1 aliphatic heterocycles. The van der Waals surface area contributed by atoms with Crippen LogP contribution in [-0.2, 0) is 4.79 Å². The molecular formula is C17H30N2O2. The summed E-state index contributed by atoms with van der Waals surface area (Å²) in [7, 11) is 0. The lowest BCUT2D eigenvalue weighted by Gasteiger charge is -2.33. The van der Waals surface area contributed by atoms with Gasteiger partial charge in [0.1, 0.15) is 5.54 Å². The highest BCUT2D eigenvalue weighted by Gasteiger charge is 2.51. The van der Waals surface area contributed by atoms with Gasteiger partial charge in [0, 0.05) is 19.1 Å². The number of carbonyl (C=O) groups is 1. The van der Waals surface area contributed by atoms with Gasteiger partial charge in [-0.25, -0.2) is 0 Å². The summed E-state index contributed by atoms with van der Waals surface area (Å²) in [5.41, 5.74) is -0.627. The maximum atomic E-state index is 11.9. The molecule has 3 fully saturated rings. The van der Waals surface area contributed by atoms with Crippen molar-refractivity contribution in [2.24, 2.45) is 17.8 Å². The number of nitrogens with zero attached hydrogens (tertiary/aromatic N) is 1. The Balaban J connectivity index is 1.59. The molecule has 0 spiro atoms. The summed E-state index contributed by atoms with van der Waals surface area (Å²) in [6.07, 6.45) is 6.29. The van der Waals surface area contributed by atoms with Crippen LogP contribution in [0.5, 0.6) is 0 Å². The highest BCUT2D eigenvalue weighted by Crippen LogP contribution is 2.41. The van der Waals surface area contributed by atoms with Gasteiger partial charge in [0.15, 0.2) is 0 Å². The molecule has 0 aromatic heterocycles. The van der Waals surface area contributed by atoms with Gasteiger partial charge in [0.25, 0.3) is 0 Å². The molecule has 2 aliphatic carbocycles. The largest absolute Gasteiger partial charge is 0.480 e. The monoisotopic (exact) mass is 294 g/mol. The van der Waals surface area contributed by atoms with Gasteiger partial charge in [0.05, 0.1) is 0 Å². The molecule has 4 heteroatoms. The fourth-order valence-corrected chi connectivity index (χ4v) is 4.36. The van der Waals surface area contributed by atoms with E-state index < -0.39 is 11.5 Å². The summed E-state index contributed by atoms with van der Waals surface area (Å²) in [5, 5.41) is 13.3. The maximum Gasteiger partial charge on any atom is 0.324 e. The molecule has 4 nitrogen and oxygen atoms in total. The van der Waals surface area contributed by atoms with Gasteiger partial charge in [-0.3, -0.25) is 10.1 Å². The van der Waals surface area contributed by atoms with Crippen molar-refractivity contribution >= 4 is 5.97 Å². The molecule has 0 amide bonds. The van der Waals surface area contributed by atoms with Crippen LogP contribution in [0.2, 0.25) is 0 Å². The van der Waals surface area contributed by atoms with E-state index in [1.54, 1.807) is 0 Å². The van der Waals surface area contributed by atoms with E-state index in [0.29, 0.717) is 12.0 Å².